The number of oxime groups is 2. The average molecular weight is 737 g/mol. The summed E-state index contributed by atoms with van der Waals surface area (Å²) in [5.74, 6) is -1.92. The molecule has 0 radical (unpaired) electrons. The Morgan fingerprint density at radius 1 is 0.623 bits per heavy atom. The summed E-state index contributed by atoms with van der Waals surface area (Å²) in [4.78, 5) is 61.3. The molecule has 0 atom stereocenters. The fourth-order valence-corrected chi connectivity index (χ4v) is 6.29. The van der Waals surface area contributed by atoms with Crippen LogP contribution in [-0.4, -0.2) is 81.9 Å². The van der Waals surface area contributed by atoms with Crippen LogP contribution in [0.4, 0.5) is 0 Å². The van der Waals surface area contributed by atoms with Crippen molar-refractivity contribution in [1.82, 2.24) is 0 Å². The number of Topliss-reactive ketones (excluding diaryl/α,β-unsaturated/α-hetero) is 2. The molecule has 0 aliphatic heterocycles. The summed E-state index contributed by atoms with van der Waals surface area (Å²) in [6.07, 6.45) is 8.06. The second-order valence-corrected chi connectivity index (χ2v) is 13.1. The van der Waals surface area contributed by atoms with Crippen LogP contribution in [0.5, 0.6) is 0 Å². The molecule has 0 saturated heterocycles. The van der Waals surface area contributed by atoms with Gasteiger partial charge >= 0.3 is 11.9 Å². The highest BCUT2D eigenvalue weighted by atomic mass is 16.7. The van der Waals surface area contributed by atoms with Gasteiger partial charge in [-0.15, -0.1) is 0 Å². The highest BCUT2D eigenvalue weighted by molar-refractivity contribution is 6.46. The second kappa shape index (κ2) is 22.9. The first-order valence-electron chi connectivity index (χ1n) is 18.7. The number of carbonyl (C=O) groups excluding carboxylic acids is 4. The number of rotatable bonds is 26. The van der Waals surface area contributed by atoms with Gasteiger partial charge < -0.3 is 28.6 Å². The van der Waals surface area contributed by atoms with Crippen molar-refractivity contribution in [3.8, 4) is 11.1 Å². The number of nitrogens with zero attached hydrogens (tertiary/aromatic N) is 2. The number of methoxy groups -OCH3 is 1. The van der Waals surface area contributed by atoms with Crippen molar-refractivity contribution >= 4 is 34.9 Å². The SMILES string of the molecule is CCCCCC/C(=N\OC(C)=O)C(=O)c1ccc2c(c1)C(COCCOC)(COCOCC)c1cc(C(=O)/C(CCCCCC)=N/OC(C)=O)ccc1-2. The van der Waals surface area contributed by atoms with Gasteiger partial charge in [0.2, 0.25) is 11.6 Å². The molecule has 2 aromatic carbocycles. The van der Waals surface area contributed by atoms with E-state index in [1.165, 1.54) is 13.8 Å². The lowest BCUT2D eigenvalue weighted by Crippen LogP contribution is -2.38. The molecule has 0 unspecified atom stereocenters. The Kier molecular flexibility index (Phi) is 18.7. The van der Waals surface area contributed by atoms with E-state index in [1.54, 1.807) is 19.2 Å². The fourth-order valence-electron chi connectivity index (χ4n) is 6.29. The Balaban J connectivity index is 2.17. The molecular formula is C41H56N2O10. The lowest BCUT2D eigenvalue weighted by atomic mass is 9.78. The Hall–Kier alpha value is -4.10. The van der Waals surface area contributed by atoms with E-state index in [-0.39, 0.29) is 43.0 Å². The Morgan fingerprint density at radius 2 is 1.11 bits per heavy atom. The Labute approximate surface area is 313 Å². The largest absolute Gasteiger partial charge is 0.382 e. The van der Waals surface area contributed by atoms with E-state index in [2.05, 4.69) is 24.2 Å². The van der Waals surface area contributed by atoms with Gasteiger partial charge in [-0.3, -0.25) is 9.59 Å². The van der Waals surface area contributed by atoms with Crippen molar-refractivity contribution in [3.63, 3.8) is 0 Å². The van der Waals surface area contributed by atoms with Crippen molar-refractivity contribution in [2.45, 2.75) is 104 Å². The lowest BCUT2D eigenvalue weighted by Gasteiger charge is -2.32. The summed E-state index contributed by atoms with van der Waals surface area (Å²) in [7, 11) is 1.59. The number of hydrogen-bond acceptors (Lipinski definition) is 12. The molecule has 0 fully saturated rings. The quantitative estimate of drug-likeness (QED) is 0.0234. The van der Waals surface area contributed by atoms with Gasteiger partial charge in [-0.1, -0.05) is 86.9 Å². The zero-order chi connectivity index (χ0) is 38.6. The molecule has 0 spiro atoms. The minimum absolute atomic E-state index is 0.0200. The number of benzene rings is 2. The van der Waals surface area contributed by atoms with E-state index in [0.717, 1.165) is 73.6 Å². The van der Waals surface area contributed by atoms with Gasteiger partial charge in [0.1, 0.15) is 18.2 Å². The summed E-state index contributed by atoms with van der Waals surface area (Å²) in [5.41, 5.74) is 3.30. The van der Waals surface area contributed by atoms with Gasteiger partial charge in [-0.2, -0.15) is 0 Å². The molecule has 0 heterocycles. The van der Waals surface area contributed by atoms with Crippen molar-refractivity contribution in [2.75, 3.05) is 46.9 Å². The number of unbranched alkanes of at least 4 members (excludes halogenated alkanes) is 6. The predicted molar refractivity (Wildman–Crippen MR) is 202 cm³/mol. The van der Waals surface area contributed by atoms with E-state index < -0.39 is 17.4 Å². The summed E-state index contributed by atoms with van der Waals surface area (Å²) < 4.78 is 23.2. The molecular weight excluding hydrogens is 680 g/mol. The third kappa shape index (κ3) is 12.5. The Morgan fingerprint density at radius 3 is 1.55 bits per heavy atom. The zero-order valence-electron chi connectivity index (χ0n) is 32.3. The number of fused-ring (bicyclic) bond motifs is 3. The van der Waals surface area contributed by atoms with Crippen LogP contribution in [0, 0.1) is 0 Å². The maximum absolute atomic E-state index is 14.0. The lowest BCUT2D eigenvalue weighted by molar-refractivity contribution is -0.141. The van der Waals surface area contributed by atoms with Gasteiger partial charge in [0, 0.05) is 38.7 Å². The molecule has 0 saturated carbocycles. The van der Waals surface area contributed by atoms with E-state index in [9.17, 15) is 19.2 Å². The first-order chi connectivity index (χ1) is 25.6. The van der Waals surface area contributed by atoms with Crippen LogP contribution < -0.4 is 0 Å². The van der Waals surface area contributed by atoms with Crippen LogP contribution in [0.1, 0.15) is 131 Å². The van der Waals surface area contributed by atoms with Crippen molar-refractivity contribution in [2.24, 2.45) is 10.3 Å². The molecule has 2 aromatic rings. The molecule has 53 heavy (non-hydrogen) atoms. The molecule has 1 aliphatic carbocycles. The smallest absolute Gasteiger partial charge is 0.331 e. The first-order valence-corrected chi connectivity index (χ1v) is 18.7. The maximum atomic E-state index is 14.0. The molecule has 12 heteroatoms. The van der Waals surface area contributed by atoms with Gasteiger partial charge in [-0.05, 0) is 67.0 Å². The van der Waals surface area contributed by atoms with E-state index in [4.69, 9.17) is 28.6 Å². The third-order valence-corrected chi connectivity index (χ3v) is 9.01. The van der Waals surface area contributed by atoms with E-state index >= 15 is 0 Å². The predicted octanol–water partition coefficient (Wildman–Crippen LogP) is 7.77. The molecule has 12 nitrogen and oxygen atoms in total. The number of ether oxygens (including phenoxy) is 4. The highest BCUT2D eigenvalue weighted by Crippen LogP contribution is 2.50. The molecule has 290 valence electrons. The minimum Gasteiger partial charge on any atom is -0.382 e. The normalized spacial score (nSPS) is 15.2. The molecule has 0 N–H and O–H groups in total. The zero-order valence-corrected chi connectivity index (χ0v) is 32.3. The van der Waals surface area contributed by atoms with Crippen LogP contribution >= 0.6 is 0 Å². The van der Waals surface area contributed by atoms with Gasteiger partial charge in [-0.25, -0.2) is 9.59 Å². The molecule has 0 amide bonds. The summed E-state index contributed by atoms with van der Waals surface area (Å²) in [6, 6.07) is 10.9. The molecule has 3 rings (SSSR count). The van der Waals surface area contributed by atoms with Crippen LogP contribution in [0.3, 0.4) is 0 Å². The van der Waals surface area contributed by atoms with Crippen molar-refractivity contribution in [1.29, 1.82) is 0 Å². The van der Waals surface area contributed by atoms with Crippen molar-refractivity contribution in [3.05, 3.63) is 58.7 Å². The third-order valence-electron chi connectivity index (χ3n) is 9.01. The fraction of sp³-hybridized carbons (Fsp3) is 0.561. The summed E-state index contributed by atoms with van der Waals surface area (Å²) in [6.45, 7) is 9.92. The van der Waals surface area contributed by atoms with E-state index in [0.29, 0.717) is 43.8 Å². The van der Waals surface area contributed by atoms with Gasteiger partial charge in [0.25, 0.3) is 0 Å². The number of ketones is 2. The van der Waals surface area contributed by atoms with Crippen molar-refractivity contribution < 1.29 is 47.8 Å². The monoisotopic (exact) mass is 736 g/mol. The van der Waals surface area contributed by atoms with Gasteiger partial charge in [0.05, 0.1) is 31.8 Å². The van der Waals surface area contributed by atoms with Gasteiger partial charge in [0.15, 0.2) is 0 Å². The van der Waals surface area contributed by atoms with Crippen LogP contribution in [0.2, 0.25) is 0 Å². The molecule has 0 aromatic heterocycles. The standard InChI is InChI=1S/C41H56N2O10/c1-7-10-12-14-16-37(42-52-29(4)44)39(46)31-18-20-33-34-21-19-32(40(47)38(43-53-30(5)45)17-15-13-11-8-2)25-36(34)41(35(33)24-31,26-50-23-22-48-6)27-51-28-49-9-3/h18-21,24-25H,7-17,22-23,26-28H2,1-6H3/b42-37+,43-38+. The van der Waals surface area contributed by atoms with E-state index in [1.807, 2.05) is 31.2 Å². The minimum atomic E-state index is -0.981. The summed E-state index contributed by atoms with van der Waals surface area (Å²) >= 11 is 0. The topological polar surface area (TPSA) is 148 Å². The number of carbonyl (C=O) groups is 4. The van der Waals surface area contributed by atoms with Crippen LogP contribution in [0.25, 0.3) is 11.1 Å². The maximum Gasteiger partial charge on any atom is 0.331 e. The summed E-state index contributed by atoms with van der Waals surface area (Å²) in [5, 5.41) is 7.94. The second-order valence-electron chi connectivity index (χ2n) is 13.1. The molecule has 0 bridgehead atoms. The average Bonchev–Trinajstić information content (AvgIpc) is 3.42. The number of hydrogen-bond donors (Lipinski definition) is 0. The molecule has 1 aliphatic rings. The van der Waals surface area contributed by atoms with Crippen LogP contribution in [0.15, 0.2) is 46.7 Å². The first kappa shape index (κ1) is 43.3. The Bertz CT molecular complexity index is 1480. The highest BCUT2D eigenvalue weighted by Gasteiger charge is 2.45. The van der Waals surface area contributed by atoms with Crippen LogP contribution in [-0.2, 0) is 43.6 Å².